The fourth-order valence-electron chi connectivity index (χ4n) is 4.20. The van der Waals surface area contributed by atoms with Gasteiger partial charge in [0.15, 0.2) is 0 Å². The van der Waals surface area contributed by atoms with Crippen LogP contribution in [0.5, 0.6) is 5.75 Å². The van der Waals surface area contributed by atoms with E-state index in [4.69, 9.17) is 19.8 Å². The minimum Gasteiger partial charge on any atom is -0.550 e. The molecule has 0 aliphatic carbocycles. The first-order chi connectivity index (χ1) is 13.2. The summed E-state index contributed by atoms with van der Waals surface area (Å²) in [5, 5.41) is 9.06. The van der Waals surface area contributed by atoms with Gasteiger partial charge in [0.2, 0.25) is 0 Å². The van der Waals surface area contributed by atoms with Gasteiger partial charge < -0.3 is 24.6 Å². The zero-order valence-electron chi connectivity index (χ0n) is 15.1. The van der Waals surface area contributed by atoms with Crippen LogP contribution in [0.15, 0.2) is 42.6 Å². The van der Waals surface area contributed by atoms with Gasteiger partial charge in [0, 0.05) is 24.2 Å². The Balaban J connectivity index is 1.65. The lowest BCUT2D eigenvalue weighted by Crippen LogP contribution is -2.58. The van der Waals surface area contributed by atoms with E-state index in [-0.39, 0.29) is 0 Å². The summed E-state index contributed by atoms with van der Waals surface area (Å²) in [6, 6.07) is 12.1. The quantitative estimate of drug-likeness (QED) is 0.705. The molecule has 0 saturated carbocycles. The van der Waals surface area contributed by atoms with E-state index in [0.29, 0.717) is 18.9 Å². The summed E-state index contributed by atoms with van der Waals surface area (Å²) < 4.78 is 17.8. The summed E-state index contributed by atoms with van der Waals surface area (Å²) in [5.41, 5.74) is 10.3. The maximum absolute atomic E-state index is 6.09. The maximum Gasteiger partial charge on any atom is 0.347 e. The molecule has 27 heavy (non-hydrogen) atoms. The number of aromatic nitrogens is 2. The molecule has 0 unspecified atom stereocenters. The molecule has 3 heterocycles. The molecule has 7 nitrogen and oxygen atoms in total. The Kier molecular flexibility index (Phi) is 3.78. The Morgan fingerprint density at radius 1 is 1.11 bits per heavy atom. The zero-order valence-corrected chi connectivity index (χ0v) is 15.1. The summed E-state index contributed by atoms with van der Waals surface area (Å²) in [5.74, 6) is 0.782. The number of rotatable bonds is 3. The first-order valence-electron chi connectivity index (χ1n) is 9.08. The molecule has 2 aliphatic heterocycles. The number of benzene rings is 2. The van der Waals surface area contributed by atoms with Gasteiger partial charge in [-0.15, -0.1) is 5.46 Å². The van der Waals surface area contributed by atoms with Crippen LogP contribution in [0.4, 0.5) is 5.69 Å². The highest BCUT2D eigenvalue weighted by Crippen LogP contribution is 2.34. The van der Waals surface area contributed by atoms with E-state index in [2.05, 4.69) is 21.1 Å². The standard InChI is InChI=1S/C19H20BN4O3/c1-25-19-5-3-14(20-24(6-8-26-20)7-9-27-20)11-16(19)13-2-4-15-17(21)12-22-23-18(15)10-13/h2-5,10-12H,6-9H2,1H3,(H2,21,23)/q-1. The molecule has 0 bridgehead atoms. The van der Waals surface area contributed by atoms with Gasteiger partial charge in [-0.1, -0.05) is 18.2 Å². The molecule has 2 aromatic carbocycles. The molecule has 2 aliphatic rings. The third kappa shape index (κ3) is 2.49. The number of hydrogen-bond acceptors (Lipinski definition) is 7. The minimum absolute atomic E-state index is 0.615. The number of nitrogen functional groups attached to an aromatic ring is 1. The molecular formula is C19H20BN4O3-. The molecule has 0 spiro atoms. The Bertz CT molecular complexity index is 1020. The van der Waals surface area contributed by atoms with Crippen molar-refractivity contribution >= 4 is 28.7 Å². The van der Waals surface area contributed by atoms with Gasteiger partial charge in [-0.25, -0.2) is 0 Å². The van der Waals surface area contributed by atoms with Gasteiger partial charge in [0.1, 0.15) is 5.75 Å². The number of nitrogens with zero attached hydrogens (tertiary/aromatic N) is 3. The SMILES string of the molecule is COc1ccc([B-]23OCCN2CCO3)cc1-c1ccc2c(N)cnnc2c1. The average Bonchev–Trinajstić information content (AvgIpc) is 3.28. The molecule has 1 aromatic heterocycles. The van der Waals surface area contributed by atoms with E-state index in [9.17, 15) is 0 Å². The van der Waals surface area contributed by atoms with Crippen molar-refractivity contribution in [1.82, 2.24) is 15.0 Å². The van der Waals surface area contributed by atoms with E-state index in [1.165, 1.54) is 0 Å². The van der Waals surface area contributed by atoms with Gasteiger partial charge in [0.05, 0.1) is 24.5 Å². The second-order valence-corrected chi connectivity index (χ2v) is 6.94. The lowest BCUT2D eigenvalue weighted by molar-refractivity contribution is 0.232. The second-order valence-electron chi connectivity index (χ2n) is 6.94. The van der Waals surface area contributed by atoms with E-state index in [0.717, 1.165) is 46.3 Å². The minimum atomic E-state index is -1.56. The lowest BCUT2D eigenvalue weighted by Gasteiger charge is -2.37. The van der Waals surface area contributed by atoms with Gasteiger partial charge in [-0.2, -0.15) is 10.2 Å². The Hall–Kier alpha value is -2.68. The van der Waals surface area contributed by atoms with Gasteiger partial charge in [0.25, 0.3) is 0 Å². The van der Waals surface area contributed by atoms with Crippen LogP contribution in [-0.4, -0.2) is 55.1 Å². The number of hydrogen-bond donors (Lipinski definition) is 1. The smallest absolute Gasteiger partial charge is 0.347 e. The van der Waals surface area contributed by atoms with Gasteiger partial charge in [-0.05, 0) is 36.9 Å². The third-order valence-corrected chi connectivity index (χ3v) is 5.55. The summed E-state index contributed by atoms with van der Waals surface area (Å²) in [4.78, 5) is 2.29. The second kappa shape index (κ2) is 6.19. The molecule has 0 amide bonds. The number of nitrogens with two attached hydrogens (primary N) is 1. The molecule has 0 radical (unpaired) electrons. The highest BCUT2D eigenvalue weighted by molar-refractivity contribution is 6.79. The maximum atomic E-state index is 6.09. The summed E-state index contributed by atoms with van der Waals surface area (Å²) in [7, 11) is 1.67. The number of ether oxygens (including phenoxy) is 1. The molecule has 138 valence electrons. The van der Waals surface area contributed by atoms with Crippen molar-refractivity contribution in [2.75, 3.05) is 39.1 Å². The van der Waals surface area contributed by atoms with Crippen molar-refractivity contribution in [3.8, 4) is 16.9 Å². The highest BCUT2D eigenvalue weighted by atomic mass is 16.6. The van der Waals surface area contributed by atoms with E-state index in [1.807, 2.05) is 30.3 Å². The number of anilines is 1. The van der Waals surface area contributed by atoms with E-state index in [1.54, 1.807) is 13.3 Å². The van der Waals surface area contributed by atoms with Crippen LogP contribution in [0.3, 0.4) is 0 Å². The normalized spacial score (nSPS) is 18.7. The van der Waals surface area contributed by atoms with Crippen molar-refractivity contribution in [2.45, 2.75) is 0 Å². The van der Waals surface area contributed by atoms with Crippen molar-refractivity contribution in [3.05, 3.63) is 42.6 Å². The van der Waals surface area contributed by atoms with Gasteiger partial charge >= 0.3 is 6.69 Å². The molecule has 3 aromatic rings. The fourth-order valence-corrected chi connectivity index (χ4v) is 4.20. The fraction of sp³-hybridized carbons (Fsp3) is 0.263. The highest BCUT2D eigenvalue weighted by Gasteiger charge is 2.43. The van der Waals surface area contributed by atoms with E-state index >= 15 is 0 Å². The summed E-state index contributed by atoms with van der Waals surface area (Å²) >= 11 is 0. The molecular weight excluding hydrogens is 343 g/mol. The topological polar surface area (TPSA) is 82.7 Å². The molecule has 8 heteroatoms. The van der Waals surface area contributed by atoms with Crippen LogP contribution in [0, 0.1) is 0 Å². The van der Waals surface area contributed by atoms with Crippen LogP contribution in [0.25, 0.3) is 22.0 Å². The largest absolute Gasteiger partial charge is 0.550 e. The van der Waals surface area contributed by atoms with Crippen molar-refractivity contribution in [2.24, 2.45) is 0 Å². The number of fused-ring (bicyclic) bond motifs is 2. The Labute approximate surface area is 157 Å². The third-order valence-electron chi connectivity index (χ3n) is 5.55. The van der Waals surface area contributed by atoms with Crippen LogP contribution >= 0.6 is 0 Å². The Morgan fingerprint density at radius 2 is 1.93 bits per heavy atom. The van der Waals surface area contributed by atoms with Crippen molar-refractivity contribution in [3.63, 3.8) is 0 Å². The summed E-state index contributed by atoms with van der Waals surface area (Å²) in [6.45, 7) is 1.60. The molecule has 5 rings (SSSR count). The van der Waals surface area contributed by atoms with Crippen molar-refractivity contribution < 1.29 is 14.0 Å². The predicted octanol–water partition coefficient (Wildman–Crippen LogP) is 1.40. The van der Waals surface area contributed by atoms with E-state index < -0.39 is 6.69 Å². The zero-order chi connectivity index (χ0) is 18.4. The van der Waals surface area contributed by atoms with Crippen LogP contribution in [0.1, 0.15) is 0 Å². The molecule has 2 saturated heterocycles. The van der Waals surface area contributed by atoms with Crippen molar-refractivity contribution in [1.29, 1.82) is 0 Å². The first kappa shape index (κ1) is 16.5. The first-order valence-corrected chi connectivity index (χ1v) is 9.08. The van der Waals surface area contributed by atoms with Gasteiger partial charge in [-0.3, -0.25) is 0 Å². The van der Waals surface area contributed by atoms with Crippen LogP contribution in [0.2, 0.25) is 0 Å². The molecule has 2 fully saturated rings. The lowest BCUT2D eigenvalue weighted by atomic mass is 9.63. The Morgan fingerprint density at radius 3 is 2.70 bits per heavy atom. The summed E-state index contributed by atoms with van der Waals surface area (Å²) in [6.07, 6.45) is 1.56. The van der Waals surface area contributed by atoms with Crippen LogP contribution in [-0.2, 0) is 9.31 Å². The average molecular weight is 363 g/mol. The van der Waals surface area contributed by atoms with Crippen LogP contribution < -0.4 is 15.9 Å². The number of methoxy groups -OCH3 is 1. The molecule has 2 N–H and O–H groups in total. The predicted molar refractivity (Wildman–Crippen MR) is 105 cm³/mol. The molecule has 0 atom stereocenters. The monoisotopic (exact) mass is 363 g/mol.